The van der Waals surface area contributed by atoms with E-state index < -0.39 is 16.0 Å². The molecule has 1 aromatic rings. The van der Waals surface area contributed by atoms with E-state index in [1.54, 1.807) is 14.0 Å². The van der Waals surface area contributed by atoms with E-state index in [-0.39, 0.29) is 11.4 Å². The molecule has 0 saturated heterocycles. The average molecular weight is 297 g/mol. The Kier molecular flexibility index (Phi) is 5.74. The third kappa shape index (κ3) is 5.33. The first-order valence-electron chi connectivity index (χ1n) is 6.55. The summed E-state index contributed by atoms with van der Waals surface area (Å²) in [6.07, 6.45) is 0. The highest BCUT2D eigenvalue weighted by atomic mass is 32.2. The Labute approximate surface area is 123 Å². The second-order valence-electron chi connectivity index (χ2n) is 5.76. The topological polar surface area (TPSA) is 55.4 Å². The zero-order valence-corrected chi connectivity index (χ0v) is 13.5. The van der Waals surface area contributed by atoms with Crippen LogP contribution in [0.3, 0.4) is 0 Å². The first-order valence-corrected chi connectivity index (χ1v) is 7.93. The van der Waals surface area contributed by atoms with Gasteiger partial charge in [0.2, 0.25) is 5.91 Å². The summed E-state index contributed by atoms with van der Waals surface area (Å²) in [5.41, 5.74) is 0.587. The zero-order valence-electron chi connectivity index (χ0n) is 12.7. The van der Waals surface area contributed by atoms with Crippen LogP contribution in [0.25, 0.3) is 0 Å². The van der Waals surface area contributed by atoms with Crippen molar-refractivity contribution in [2.45, 2.75) is 44.2 Å². The van der Waals surface area contributed by atoms with Crippen LogP contribution in [0.5, 0.6) is 5.75 Å². The van der Waals surface area contributed by atoms with Gasteiger partial charge in [0, 0.05) is 22.1 Å². The number of methoxy groups -OCH3 is 1. The number of rotatable bonds is 5. The van der Waals surface area contributed by atoms with Crippen molar-refractivity contribution in [3.63, 3.8) is 0 Å². The van der Waals surface area contributed by atoms with Crippen molar-refractivity contribution in [3.8, 4) is 5.75 Å². The fourth-order valence-electron chi connectivity index (χ4n) is 1.64. The molecule has 0 aliphatic carbocycles. The third-order valence-corrected chi connectivity index (χ3v) is 4.33. The molecule has 1 N–H and O–H groups in total. The van der Waals surface area contributed by atoms with E-state index in [2.05, 4.69) is 5.32 Å². The number of nitrogens with one attached hydrogen (secondary N) is 1. The fraction of sp³-hybridized carbons (Fsp3) is 0.533. The summed E-state index contributed by atoms with van der Waals surface area (Å²) in [4.78, 5) is 12.0. The average Bonchev–Trinajstić information content (AvgIpc) is 2.36. The second kappa shape index (κ2) is 6.88. The maximum absolute atomic E-state index is 12.2. The highest BCUT2D eigenvalue weighted by Crippen LogP contribution is 2.15. The molecule has 20 heavy (non-hydrogen) atoms. The predicted octanol–water partition coefficient (Wildman–Crippen LogP) is 2.25. The van der Waals surface area contributed by atoms with E-state index in [1.165, 1.54) is 0 Å². The van der Waals surface area contributed by atoms with Gasteiger partial charge in [0.1, 0.15) is 11.0 Å². The second-order valence-corrected chi connectivity index (χ2v) is 7.52. The Bertz CT molecular complexity index is 494. The SMILES string of the molecule is COc1cccc(C[S@@](=O)[C@@H](C)C(=O)NC(C)(C)C)c1. The van der Waals surface area contributed by atoms with E-state index in [1.807, 2.05) is 45.0 Å². The molecule has 0 spiro atoms. The van der Waals surface area contributed by atoms with Gasteiger partial charge in [-0.15, -0.1) is 0 Å². The van der Waals surface area contributed by atoms with Crippen LogP contribution in [0, 0.1) is 0 Å². The van der Waals surface area contributed by atoms with Crippen LogP contribution in [-0.2, 0) is 21.3 Å². The summed E-state index contributed by atoms with van der Waals surface area (Å²) >= 11 is 0. The normalized spacial score (nSPS) is 14.4. The lowest BCUT2D eigenvalue weighted by molar-refractivity contribution is -0.121. The molecule has 0 saturated carbocycles. The quantitative estimate of drug-likeness (QED) is 0.907. The van der Waals surface area contributed by atoms with Crippen LogP contribution in [0.2, 0.25) is 0 Å². The molecule has 1 aromatic carbocycles. The molecule has 4 nitrogen and oxygen atoms in total. The Morgan fingerprint density at radius 1 is 1.40 bits per heavy atom. The van der Waals surface area contributed by atoms with Crippen LogP contribution >= 0.6 is 0 Å². The summed E-state index contributed by atoms with van der Waals surface area (Å²) in [5, 5.41) is 2.31. The van der Waals surface area contributed by atoms with Crippen molar-refractivity contribution in [2.24, 2.45) is 0 Å². The van der Waals surface area contributed by atoms with Gasteiger partial charge in [0.15, 0.2) is 0 Å². The third-order valence-electron chi connectivity index (χ3n) is 2.70. The molecule has 0 aliphatic rings. The van der Waals surface area contributed by atoms with Crippen LogP contribution in [-0.4, -0.2) is 28.0 Å². The van der Waals surface area contributed by atoms with Gasteiger partial charge in [-0.3, -0.25) is 9.00 Å². The Hall–Kier alpha value is -1.36. The van der Waals surface area contributed by atoms with Gasteiger partial charge in [0.05, 0.1) is 7.11 Å². The number of ether oxygens (including phenoxy) is 1. The summed E-state index contributed by atoms with van der Waals surface area (Å²) in [5.74, 6) is 0.890. The lowest BCUT2D eigenvalue weighted by atomic mass is 10.1. The lowest BCUT2D eigenvalue weighted by Crippen LogP contribution is -2.46. The maximum Gasteiger partial charge on any atom is 0.235 e. The van der Waals surface area contributed by atoms with E-state index in [9.17, 15) is 9.00 Å². The molecule has 0 aromatic heterocycles. The van der Waals surface area contributed by atoms with Gasteiger partial charge >= 0.3 is 0 Å². The first-order chi connectivity index (χ1) is 9.23. The molecule has 0 heterocycles. The zero-order chi connectivity index (χ0) is 15.3. The van der Waals surface area contributed by atoms with Crippen LogP contribution in [0.15, 0.2) is 24.3 Å². The van der Waals surface area contributed by atoms with E-state index >= 15 is 0 Å². The number of carbonyl (C=O) groups is 1. The molecule has 1 rings (SSSR count). The molecular weight excluding hydrogens is 274 g/mol. The monoisotopic (exact) mass is 297 g/mol. The number of amides is 1. The van der Waals surface area contributed by atoms with Crippen molar-refractivity contribution in [1.82, 2.24) is 5.32 Å². The number of hydrogen-bond acceptors (Lipinski definition) is 3. The molecule has 0 bridgehead atoms. The largest absolute Gasteiger partial charge is 0.497 e. The minimum atomic E-state index is -1.26. The summed E-state index contributed by atoms with van der Waals surface area (Å²) in [6.45, 7) is 7.41. The molecule has 112 valence electrons. The molecule has 1 amide bonds. The first kappa shape index (κ1) is 16.7. The van der Waals surface area contributed by atoms with Crippen molar-refractivity contribution in [1.29, 1.82) is 0 Å². The van der Waals surface area contributed by atoms with E-state index in [0.717, 1.165) is 11.3 Å². The highest BCUT2D eigenvalue weighted by molar-refractivity contribution is 7.85. The summed E-state index contributed by atoms with van der Waals surface area (Å²) in [7, 11) is 0.334. The van der Waals surface area contributed by atoms with Gasteiger partial charge in [-0.25, -0.2) is 0 Å². The fourth-order valence-corrected chi connectivity index (χ4v) is 2.70. The van der Waals surface area contributed by atoms with Gasteiger partial charge < -0.3 is 10.1 Å². The van der Waals surface area contributed by atoms with Gasteiger partial charge in [0.25, 0.3) is 0 Å². The molecule has 0 unspecified atom stereocenters. The number of carbonyl (C=O) groups excluding carboxylic acids is 1. The molecule has 0 radical (unpaired) electrons. The van der Waals surface area contributed by atoms with Gasteiger partial charge in [-0.05, 0) is 45.4 Å². The standard InChI is InChI=1S/C15H23NO3S/c1-11(14(17)16-15(2,3)4)20(18)10-12-7-6-8-13(9-12)19-5/h6-9,11H,10H2,1-5H3,(H,16,17)/t11-,20+/m0/s1. The van der Waals surface area contributed by atoms with E-state index in [4.69, 9.17) is 4.74 Å². The maximum atomic E-state index is 12.2. The molecule has 0 fully saturated rings. The number of benzene rings is 1. The Morgan fingerprint density at radius 2 is 2.05 bits per heavy atom. The molecule has 5 heteroatoms. The minimum absolute atomic E-state index is 0.182. The van der Waals surface area contributed by atoms with Crippen LogP contribution < -0.4 is 10.1 Å². The Balaban J connectivity index is 2.68. The van der Waals surface area contributed by atoms with Crippen molar-refractivity contribution >= 4 is 16.7 Å². The molecule has 2 atom stereocenters. The van der Waals surface area contributed by atoms with Crippen molar-refractivity contribution < 1.29 is 13.7 Å². The predicted molar refractivity (Wildman–Crippen MR) is 82.2 cm³/mol. The van der Waals surface area contributed by atoms with Gasteiger partial charge in [-0.2, -0.15) is 0 Å². The van der Waals surface area contributed by atoms with Crippen LogP contribution in [0.1, 0.15) is 33.3 Å². The lowest BCUT2D eigenvalue weighted by Gasteiger charge is -2.23. The minimum Gasteiger partial charge on any atom is -0.497 e. The highest BCUT2D eigenvalue weighted by Gasteiger charge is 2.23. The smallest absolute Gasteiger partial charge is 0.235 e. The van der Waals surface area contributed by atoms with Crippen molar-refractivity contribution in [2.75, 3.05) is 7.11 Å². The molecule has 0 aliphatic heterocycles. The Morgan fingerprint density at radius 3 is 2.60 bits per heavy atom. The summed E-state index contributed by atoms with van der Waals surface area (Å²) < 4.78 is 17.4. The van der Waals surface area contributed by atoms with Crippen LogP contribution in [0.4, 0.5) is 0 Å². The van der Waals surface area contributed by atoms with Gasteiger partial charge in [-0.1, -0.05) is 12.1 Å². The molecular formula is C15H23NO3S. The number of hydrogen-bond donors (Lipinski definition) is 1. The van der Waals surface area contributed by atoms with E-state index in [0.29, 0.717) is 5.75 Å². The van der Waals surface area contributed by atoms with Crippen molar-refractivity contribution in [3.05, 3.63) is 29.8 Å². The summed E-state index contributed by atoms with van der Waals surface area (Å²) in [6, 6.07) is 7.41.